The fraction of sp³-hybridized carbons (Fsp3) is 0.263. The van der Waals surface area contributed by atoms with Gasteiger partial charge in [-0.1, -0.05) is 12.1 Å². The van der Waals surface area contributed by atoms with Crippen LogP contribution >= 0.6 is 0 Å². The quantitative estimate of drug-likeness (QED) is 0.726. The second kappa shape index (κ2) is 5.73. The number of halogens is 3. The molecule has 2 aromatic carbocycles. The molecule has 0 spiro atoms. The van der Waals surface area contributed by atoms with Crippen LogP contribution in [-0.2, 0) is 5.54 Å². The number of ether oxygens (including phenoxy) is 1. The number of methoxy groups -OCH3 is 1. The molecule has 0 fully saturated rings. The largest absolute Gasteiger partial charge is 0.494 e. The lowest BCUT2D eigenvalue weighted by Crippen LogP contribution is -2.36. The van der Waals surface area contributed by atoms with Crippen LogP contribution in [0, 0.1) is 24.4 Å². The van der Waals surface area contributed by atoms with Crippen molar-refractivity contribution in [3.05, 3.63) is 53.4 Å². The summed E-state index contributed by atoms with van der Waals surface area (Å²) in [5, 5.41) is 11.2. The summed E-state index contributed by atoms with van der Waals surface area (Å²) in [5.41, 5.74) is -1.06. The standard InChI is InChI=1S/C19H17F3N4O/c1-9-24-25-18-19(2,3)23-12-8-11(20)14(16(22)17(12)26(9)18)10-6-5-7-13(27-4)15(10)21/h5-8,23H,1-4H3. The fourth-order valence-corrected chi connectivity index (χ4v) is 3.46. The topological polar surface area (TPSA) is 52.0 Å². The maximum absolute atomic E-state index is 15.5. The zero-order chi connectivity index (χ0) is 19.5. The van der Waals surface area contributed by atoms with Crippen LogP contribution in [0.2, 0.25) is 0 Å². The summed E-state index contributed by atoms with van der Waals surface area (Å²) in [6, 6.07) is 5.34. The Balaban J connectivity index is 2.05. The molecule has 3 aromatic rings. The smallest absolute Gasteiger partial charge is 0.173 e. The van der Waals surface area contributed by atoms with E-state index in [1.807, 2.05) is 13.8 Å². The van der Waals surface area contributed by atoms with Crippen molar-refractivity contribution < 1.29 is 17.9 Å². The number of rotatable bonds is 2. The zero-order valence-electron chi connectivity index (χ0n) is 15.2. The molecule has 0 saturated heterocycles. The molecular weight excluding hydrogens is 357 g/mol. The Kier molecular flexibility index (Phi) is 3.69. The Morgan fingerprint density at radius 2 is 1.85 bits per heavy atom. The van der Waals surface area contributed by atoms with Gasteiger partial charge in [0.15, 0.2) is 23.2 Å². The summed E-state index contributed by atoms with van der Waals surface area (Å²) in [6.07, 6.45) is 0. The van der Waals surface area contributed by atoms with E-state index in [0.717, 1.165) is 6.07 Å². The molecule has 1 N–H and O–H groups in total. The SMILES string of the molecule is COc1cccc(-c2c(F)cc3c(c2F)-n2c(C)nnc2C(C)(C)N3)c1F. The zero-order valence-corrected chi connectivity index (χ0v) is 15.2. The van der Waals surface area contributed by atoms with Gasteiger partial charge in [0.05, 0.1) is 23.9 Å². The molecule has 0 amide bonds. The van der Waals surface area contributed by atoms with E-state index >= 15 is 4.39 Å². The number of aryl methyl sites for hydroxylation is 1. The van der Waals surface area contributed by atoms with Crippen molar-refractivity contribution in [2.75, 3.05) is 12.4 Å². The molecule has 0 aliphatic carbocycles. The summed E-state index contributed by atoms with van der Waals surface area (Å²) >= 11 is 0. The molecule has 1 aliphatic rings. The van der Waals surface area contributed by atoms with Gasteiger partial charge in [0, 0.05) is 11.6 Å². The molecule has 2 heterocycles. The number of anilines is 1. The lowest BCUT2D eigenvalue weighted by atomic mass is 9.96. The minimum atomic E-state index is -0.899. The van der Waals surface area contributed by atoms with E-state index in [9.17, 15) is 8.78 Å². The molecule has 0 saturated carbocycles. The van der Waals surface area contributed by atoms with E-state index in [4.69, 9.17) is 4.74 Å². The van der Waals surface area contributed by atoms with Gasteiger partial charge in [-0.05, 0) is 26.8 Å². The van der Waals surface area contributed by atoms with Crippen molar-refractivity contribution >= 4 is 5.69 Å². The Bertz CT molecular complexity index is 1080. The molecule has 0 bridgehead atoms. The molecule has 1 aliphatic heterocycles. The van der Waals surface area contributed by atoms with Gasteiger partial charge < -0.3 is 10.1 Å². The summed E-state index contributed by atoms with van der Waals surface area (Å²) in [6.45, 7) is 5.35. The number of benzene rings is 2. The summed E-state index contributed by atoms with van der Waals surface area (Å²) < 4.78 is 51.6. The van der Waals surface area contributed by atoms with Crippen LogP contribution in [0.5, 0.6) is 5.75 Å². The first kappa shape index (κ1) is 17.4. The van der Waals surface area contributed by atoms with Crippen LogP contribution in [0.15, 0.2) is 24.3 Å². The van der Waals surface area contributed by atoms with Crippen molar-refractivity contribution in [3.8, 4) is 22.6 Å². The second-order valence-electron chi connectivity index (χ2n) is 6.92. The normalized spacial score (nSPS) is 14.3. The highest BCUT2D eigenvalue weighted by molar-refractivity contribution is 5.77. The van der Waals surface area contributed by atoms with Gasteiger partial charge in [0.1, 0.15) is 17.3 Å². The van der Waals surface area contributed by atoms with E-state index in [1.54, 1.807) is 6.92 Å². The maximum Gasteiger partial charge on any atom is 0.173 e. The molecule has 27 heavy (non-hydrogen) atoms. The van der Waals surface area contributed by atoms with Crippen molar-refractivity contribution in [3.63, 3.8) is 0 Å². The maximum atomic E-state index is 15.5. The van der Waals surface area contributed by atoms with Crippen molar-refractivity contribution in [2.24, 2.45) is 0 Å². The van der Waals surface area contributed by atoms with Crippen LogP contribution in [-0.4, -0.2) is 21.9 Å². The number of fused-ring (bicyclic) bond motifs is 3. The third-order valence-corrected chi connectivity index (χ3v) is 4.70. The van der Waals surface area contributed by atoms with Gasteiger partial charge in [0.2, 0.25) is 0 Å². The number of hydrogen-bond acceptors (Lipinski definition) is 4. The molecule has 0 unspecified atom stereocenters. The Morgan fingerprint density at radius 1 is 1.11 bits per heavy atom. The lowest BCUT2D eigenvalue weighted by molar-refractivity contribution is 0.387. The van der Waals surface area contributed by atoms with Gasteiger partial charge in [-0.15, -0.1) is 10.2 Å². The van der Waals surface area contributed by atoms with E-state index in [2.05, 4.69) is 15.5 Å². The molecule has 8 heteroatoms. The highest BCUT2D eigenvalue weighted by atomic mass is 19.1. The Morgan fingerprint density at radius 3 is 2.56 bits per heavy atom. The van der Waals surface area contributed by atoms with Crippen LogP contribution in [0.1, 0.15) is 25.5 Å². The minimum Gasteiger partial charge on any atom is -0.494 e. The predicted octanol–water partition coefficient (Wildman–Crippen LogP) is 4.33. The van der Waals surface area contributed by atoms with Gasteiger partial charge >= 0.3 is 0 Å². The fourth-order valence-electron chi connectivity index (χ4n) is 3.46. The summed E-state index contributed by atoms with van der Waals surface area (Å²) in [4.78, 5) is 0. The predicted molar refractivity (Wildman–Crippen MR) is 94.6 cm³/mol. The Hall–Kier alpha value is -3.03. The highest BCUT2D eigenvalue weighted by Gasteiger charge is 2.37. The first-order chi connectivity index (χ1) is 12.8. The third kappa shape index (κ3) is 2.39. The Labute approximate surface area is 153 Å². The van der Waals surface area contributed by atoms with Crippen molar-refractivity contribution in [2.45, 2.75) is 26.3 Å². The number of nitrogens with zero attached hydrogens (tertiary/aromatic N) is 3. The van der Waals surface area contributed by atoms with Gasteiger partial charge in [0.25, 0.3) is 0 Å². The van der Waals surface area contributed by atoms with E-state index in [0.29, 0.717) is 11.6 Å². The first-order valence-corrected chi connectivity index (χ1v) is 8.32. The molecule has 1 aromatic heterocycles. The first-order valence-electron chi connectivity index (χ1n) is 8.32. The summed E-state index contributed by atoms with van der Waals surface area (Å²) in [5.74, 6) is -1.77. The van der Waals surface area contributed by atoms with E-state index < -0.39 is 28.6 Å². The van der Waals surface area contributed by atoms with Gasteiger partial charge in [-0.25, -0.2) is 13.2 Å². The van der Waals surface area contributed by atoms with Crippen LogP contribution in [0.3, 0.4) is 0 Å². The average molecular weight is 374 g/mol. The van der Waals surface area contributed by atoms with Gasteiger partial charge in [-0.3, -0.25) is 4.57 Å². The average Bonchev–Trinajstić information content (AvgIpc) is 2.98. The molecule has 4 rings (SSSR count). The lowest BCUT2D eigenvalue weighted by Gasteiger charge is -2.34. The molecule has 5 nitrogen and oxygen atoms in total. The van der Waals surface area contributed by atoms with E-state index in [1.165, 1.54) is 29.9 Å². The monoisotopic (exact) mass is 374 g/mol. The number of hydrogen-bond donors (Lipinski definition) is 1. The van der Waals surface area contributed by atoms with Crippen LogP contribution in [0.4, 0.5) is 18.9 Å². The second-order valence-corrected chi connectivity index (χ2v) is 6.92. The molecule has 140 valence electrons. The van der Waals surface area contributed by atoms with Crippen LogP contribution < -0.4 is 10.1 Å². The van der Waals surface area contributed by atoms with Crippen molar-refractivity contribution in [1.29, 1.82) is 0 Å². The molecular formula is C19H17F3N4O. The minimum absolute atomic E-state index is 0.0606. The number of aromatic nitrogens is 3. The highest BCUT2D eigenvalue weighted by Crippen LogP contribution is 2.43. The van der Waals surface area contributed by atoms with Crippen molar-refractivity contribution in [1.82, 2.24) is 14.8 Å². The van der Waals surface area contributed by atoms with E-state index in [-0.39, 0.29) is 22.7 Å². The summed E-state index contributed by atoms with van der Waals surface area (Å²) in [7, 11) is 1.29. The van der Waals surface area contributed by atoms with Crippen LogP contribution in [0.25, 0.3) is 16.8 Å². The molecule has 0 atom stereocenters. The number of nitrogens with one attached hydrogen (secondary N) is 1. The van der Waals surface area contributed by atoms with Gasteiger partial charge in [-0.2, -0.15) is 0 Å². The third-order valence-electron chi connectivity index (χ3n) is 4.70. The molecule has 0 radical (unpaired) electrons.